The SMILES string of the molecule is [2H]c1c([2H])c([2H])c2c(c1[2H])c1c([2H])c([2H])c([2H])c([2H])c1n2-c1nc(-c2cccc([Si](c3ccccc3)(c3ccccc3)c3ccccc3)c2)nc(-n2c3c([2H])c([2H])c([2H])c([2H])c3c3c([2H])c([2H])c([2H])c([2H])c32)n1. The predicted octanol–water partition coefficient (Wildman–Crippen LogP) is 9.11. The number of para-hydroxylation sites is 4. The van der Waals surface area contributed by atoms with Gasteiger partial charge >= 0.3 is 0 Å². The van der Waals surface area contributed by atoms with Crippen LogP contribution in [0.3, 0.4) is 0 Å². The summed E-state index contributed by atoms with van der Waals surface area (Å²) >= 11 is 0. The van der Waals surface area contributed by atoms with E-state index in [0.717, 1.165) is 29.9 Å². The summed E-state index contributed by atoms with van der Waals surface area (Å²) in [5, 5.41) is 2.91. The van der Waals surface area contributed by atoms with Crippen LogP contribution in [-0.4, -0.2) is 32.2 Å². The third kappa shape index (κ3) is 5.19. The molecule has 3 heterocycles. The van der Waals surface area contributed by atoms with Gasteiger partial charge in [0.15, 0.2) is 13.9 Å². The Labute approximate surface area is 353 Å². The van der Waals surface area contributed by atoms with Gasteiger partial charge in [-0.1, -0.05) is 188 Å². The molecular weight excluding hydrogens is 711 g/mol. The van der Waals surface area contributed by atoms with Gasteiger partial charge in [-0.2, -0.15) is 15.0 Å². The third-order valence-corrected chi connectivity index (χ3v) is 15.0. The fourth-order valence-electron chi connectivity index (χ4n) is 7.88. The van der Waals surface area contributed by atoms with Gasteiger partial charge in [0.05, 0.1) is 44.0 Å². The van der Waals surface area contributed by atoms with E-state index in [1.807, 2.05) is 72.8 Å². The fraction of sp³-hybridized carbons (Fsp3) is 0. The van der Waals surface area contributed by atoms with E-state index >= 15 is 0 Å². The number of fused-ring (bicyclic) bond motifs is 6. The number of nitrogens with zero attached hydrogens (tertiary/aromatic N) is 5. The fourth-order valence-corrected chi connectivity index (χ4v) is 12.7. The van der Waals surface area contributed by atoms with Crippen LogP contribution >= 0.6 is 0 Å². The van der Waals surface area contributed by atoms with Crippen molar-refractivity contribution in [3.63, 3.8) is 0 Å². The number of hydrogen-bond acceptors (Lipinski definition) is 3. The van der Waals surface area contributed by atoms with Gasteiger partial charge in [0.25, 0.3) is 0 Å². The molecule has 0 atom stereocenters. The maximum Gasteiger partial charge on any atom is 0.240 e. The minimum Gasteiger partial charge on any atom is -0.278 e. The van der Waals surface area contributed by atoms with E-state index in [1.165, 1.54) is 0 Å². The molecule has 6 heteroatoms. The first-order valence-electron chi connectivity index (χ1n) is 26.0. The maximum atomic E-state index is 9.29. The van der Waals surface area contributed by atoms with Gasteiger partial charge in [0, 0.05) is 27.1 Å². The van der Waals surface area contributed by atoms with Crippen molar-refractivity contribution in [2.75, 3.05) is 0 Å². The smallest absolute Gasteiger partial charge is 0.240 e. The number of rotatable bonds is 7. The number of benzene rings is 8. The van der Waals surface area contributed by atoms with Crippen molar-refractivity contribution in [2.45, 2.75) is 0 Å². The van der Waals surface area contributed by atoms with Crippen LogP contribution < -0.4 is 20.7 Å². The van der Waals surface area contributed by atoms with Crippen LogP contribution in [0.5, 0.6) is 0 Å². The summed E-state index contributed by atoms with van der Waals surface area (Å²) in [4.78, 5) is 14.8. The molecule has 0 spiro atoms. The van der Waals surface area contributed by atoms with Crippen LogP contribution in [0.1, 0.15) is 21.9 Å². The number of hydrogen-bond donors (Lipinski definition) is 0. The normalized spacial score (nSPS) is 15.8. The summed E-state index contributed by atoms with van der Waals surface area (Å²) in [5.41, 5.74) is -0.936. The second-order valence-electron chi connectivity index (χ2n) is 13.3. The molecule has 0 aliphatic rings. The molecule has 0 N–H and O–H groups in total. The maximum absolute atomic E-state index is 9.29. The summed E-state index contributed by atoms with van der Waals surface area (Å²) in [7, 11) is -3.26. The Kier molecular flexibility index (Phi) is 4.82. The molecule has 0 unspecified atom stereocenters. The van der Waals surface area contributed by atoms with Crippen molar-refractivity contribution in [3.8, 4) is 23.3 Å². The molecular formula is C51H35N5Si. The lowest BCUT2D eigenvalue weighted by Crippen LogP contribution is -2.74. The van der Waals surface area contributed by atoms with Gasteiger partial charge in [-0.25, -0.2) is 0 Å². The molecule has 11 rings (SSSR count). The van der Waals surface area contributed by atoms with Crippen molar-refractivity contribution in [2.24, 2.45) is 0 Å². The molecule has 0 aliphatic carbocycles. The van der Waals surface area contributed by atoms with Gasteiger partial charge in [-0.3, -0.25) is 9.13 Å². The van der Waals surface area contributed by atoms with E-state index in [1.54, 1.807) is 6.07 Å². The van der Waals surface area contributed by atoms with Crippen LogP contribution in [0.4, 0.5) is 0 Å². The molecule has 268 valence electrons. The Balaban J connectivity index is 1.35. The lowest BCUT2D eigenvalue weighted by molar-refractivity contribution is 0.893. The van der Waals surface area contributed by atoms with Gasteiger partial charge in [0.2, 0.25) is 11.9 Å². The largest absolute Gasteiger partial charge is 0.278 e. The van der Waals surface area contributed by atoms with Crippen molar-refractivity contribution in [3.05, 3.63) is 212 Å². The minimum atomic E-state index is -3.26. The highest BCUT2D eigenvalue weighted by Gasteiger charge is 2.41. The highest BCUT2D eigenvalue weighted by atomic mass is 28.3. The van der Waals surface area contributed by atoms with Gasteiger partial charge in [-0.15, -0.1) is 0 Å². The van der Waals surface area contributed by atoms with Gasteiger partial charge in [-0.05, 0) is 44.9 Å². The predicted molar refractivity (Wildman–Crippen MR) is 238 cm³/mol. The Hall–Kier alpha value is -7.41. The molecule has 0 bridgehead atoms. The highest BCUT2D eigenvalue weighted by Crippen LogP contribution is 2.34. The molecule has 57 heavy (non-hydrogen) atoms. The molecule has 0 radical (unpaired) electrons. The van der Waals surface area contributed by atoms with Crippen molar-refractivity contribution in [1.82, 2.24) is 24.1 Å². The molecule has 8 aromatic carbocycles. The van der Waals surface area contributed by atoms with Crippen LogP contribution in [0.15, 0.2) is 212 Å². The second-order valence-corrected chi connectivity index (χ2v) is 17.1. The molecule has 5 nitrogen and oxygen atoms in total. The van der Waals surface area contributed by atoms with E-state index in [2.05, 4.69) is 36.4 Å². The van der Waals surface area contributed by atoms with Crippen LogP contribution in [0.2, 0.25) is 0 Å². The van der Waals surface area contributed by atoms with Crippen molar-refractivity contribution in [1.29, 1.82) is 0 Å². The first kappa shape index (κ1) is 20.5. The first-order chi connectivity index (χ1) is 34.9. The first-order valence-corrected chi connectivity index (χ1v) is 20.0. The van der Waals surface area contributed by atoms with Crippen molar-refractivity contribution >= 4 is 72.4 Å². The zero-order valence-corrected chi connectivity index (χ0v) is 30.7. The molecule has 0 saturated carbocycles. The van der Waals surface area contributed by atoms with E-state index in [4.69, 9.17) is 31.4 Å². The molecule has 11 aromatic rings. The molecule has 3 aromatic heterocycles. The Bertz CT molecular complexity index is 3740. The molecule has 0 fully saturated rings. The lowest BCUT2D eigenvalue weighted by atomic mass is 10.2. The van der Waals surface area contributed by atoms with E-state index in [9.17, 15) is 5.48 Å². The quantitative estimate of drug-likeness (QED) is 0.120. The molecule has 0 aliphatic heterocycles. The molecule has 0 amide bonds. The summed E-state index contributed by atoms with van der Waals surface area (Å²) in [6.45, 7) is 0. The standard InChI is InChI=1S/C51H35N5Si/c1-4-20-37(21-5-1)57(38-22-6-2-7-23-38,39-24-8-3-9-25-39)40-26-18-19-36(35-40)49-52-50(55-45-31-14-10-27-41(45)42-28-11-15-32-46(42)55)54-51(53-49)56-47-33-16-12-29-43(47)44-30-13-17-34-48(44)56/h1-35H/i10D,11D,12D,13D,14D,15D,16D,17D,27D,28D,29D,30D,31D,32D,33D,34D. The monoisotopic (exact) mass is 761 g/mol. The second kappa shape index (κ2) is 13.4. The Morgan fingerprint density at radius 2 is 0.719 bits per heavy atom. The zero-order chi connectivity index (χ0) is 51.7. The van der Waals surface area contributed by atoms with Crippen LogP contribution in [-0.2, 0) is 0 Å². The van der Waals surface area contributed by atoms with E-state index < -0.39 is 117 Å². The van der Waals surface area contributed by atoms with Crippen LogP contribution in [0, 0.1) is 0 Å². The molecule has 0 saturated heterocycles. The van der Waals surface area contributed by atoms with E-state index in [-0.39, 0.29) is 49.4 Å². The van der Waals surface area contributed by atoms with Gasteiger partial charge in [0.1, 0.15) is 0 Å². The van der Waals surface area contributed by atoms with Crippen LogP contribution in [0.25, 0.3) is 66.9 Å². The minimum absolute atomic E-state index is 0.132. The summed E-state index contributed by atoms with van der Waals surface area (Å²) in [6.07, 6.45) is 0. The topological polar surface area (TPSA) is 48.5 Å². The number of aromatic nitrogens is 5. The van der Waals surface area contributed by atoms with Crippen molar-refractivity contribution < 1.29 is 21.9 Å². The summed E-state index contributed by atoms with van der Waals surface area (Å²) < 4.78 is 145. The average Bonchev–Trinajstić information content (AvgIpc) is 3.98. The van der Waals surface area contributed by atoms with Gasteiger partial charge < -0.3 is 0 Å². The zero-order valence-electron chi connectivity index (χ0n) is 45.7. The van der Waals surface area contributed by atoms with E-state index in [0.29, 0.717) is 5.56 Å². The highest BCUT2D eigenvalue weighted by molar-refractivity contribution is 7.19. The Morgan fingerprint density at radius 3 is 1.11 bits per heavy atom. The summed E-state index contributed by atoms with van der Waals surface area (Å²) in [5.74, 6) is -1.06. The lowest BCUT2D eigenvalue weighted by Gasteiger charge is -2.34. The average molecular weight is 762 g/mol. The Morgan fingerprint density at radius 1 is 0.368 bits per heavy atom. The third-order valence-electron chi connectivity index (χ3n) is 10.3. The summed E-state index contributed by atoms with van der Waals surface area (Å²) in [6, 6.07) is 27.1.